The first kappa shape index (κ1) is 21.6. The van der Waals surface area contributed by atoms with Crippen LogP contribution in [-0.2, 0) is 9.53 Å². The number of aliphatic hydroxyl groups excluding tert-OH is 1. The van der Waals surface area contributed by atoms with Crippen LogP contribution in [-0.4, -0.2) is 65.6 Å². The molecule has 1 aromatic carbocycles. The van der Waals surface area contributed by atoms with Gasteiger partial charge in [0.15, 0.2) is 0 Å². The first-order valence-electron chi connectivity index (χ1n) is 9.93. The third-order valence-electron chi connectivity index (χ3n) is 5.22. The number of Topliss-reactive ketones (excluding diaryl/α,β-unsaturated/α-hetero) is 1. The number of rotatable bonds is 6. The zero-order valence-corrected chi connectivity index (χ0v) is 17.4. The zero-order chi connectivity index (χ0) is 21.8. The maximum atomic E-state index is 13.1. The molecule has 0 unspecified atom stereocenters. The first-order valence-corrected chi connectivity index (χ1v) is 9.93. The fraction of sp³-hybridized carbons (Fsp3) is 0.409. The molecule has 2 N–H and O–H groups in total. The van der Waals surface area contributed by atoms with E-state index in [1.807, 2.05) is 0 Å². The summed E-state index contributed by atoms with van der Waals surface area (Å²) in [5, 5.41) is 9.66. The molecule has 1 aliphatic rings. The molecule has 0 aliphatic carbocycles. The average Bonchev–Trinajstić information content (AvgIpc) is 3.10. The predicted molar refractivity (Wildman–Crippen MR) is 110 cm³/mol. The molecule has 0 atom stereocenters. The number of piperidine rings is 1. The monoisotopic (exact) mass is 414 g/mol. The number of nitrogens with zero attached hydrogens (tertiary/aromatic N) is 1. The van der Waals surface area contributed by atoms with E-state index in [9.17, 15) is 19.5 Å². The van der Waals surface area contributed by atoms with Crippen LogP contribution >= 0.6 is 0 Å². The van der Waals surface area contributed by atoms with Gasteiger partial charge in [-0.25, -0.2) is 4.79 Å². The van der Waals surface area contributed by atoms with Crippen molar-refractivity contribution >= 4 is 17.7 Å². The summed E-state index contributed by atoms with van der Waals surface area (Å²) in [5.41, 5.74) is 1.66. The number of ketones is 1. The van der Waals surface area contributed by atoms with Crippen molar-refractivity contribution in [2.24, 2.45) is 0 Å². The zero-order valence-electron chi connectivity index (χ0n) is 17.4. The number of aryl methyl sites for hydroxylation is 1. The van der Waals surface area contributed by atoms with E-state index in [0.29, 0.717) is 48.5 Å². The Hall–Kier alpha value is -3.13. The summed E-state index contributed by atoms with van der Waals surface area (Å²) in [6.07, 6.45) is 0.409. The fourth-order valence-electron chi connectivity index (χ4n) is 3.62. The third kappa shape index (κ3) is 4.23. The summed E-state index contributed by atoms with van der Waals surface area (Å²) in [5.74, 6) is -1.33. The topological polar surface area (TPSA) is 109 Å². The summed E-state index contributed by atoms with van der Waals surface area (Å²) in [4.78, 5) is 43.0. The summed E-state index contributed by atoms with van der Waals surface area (Å²) in [6, 6.07) is 6.88. The molecule has 0 spiro atoms. The minimum absolute atomic E-state index is 0.0526. The highest BCUT2D eigenvalue weighted by atomic mass is 16.5. The van der Waals surface area contributed by atoms with E-state index in [0.717, 1.165) is 0 Å². The number of amides is 1. The molecule has 1 aromatic heterocycles. The highest BCUT2D eigenvalue weighted by Crippen LogP contribution is 2.33. The Bertz CT molecular complexity index is 939. The van der Waals surface area contributed by atoms with Gasteiger partial charge in [-0.1, -0.05) is 12.1 Å². The molecule has 2 aromatic rings. The van der Waals surface area contributed by atoms with Crippen molar-refractivity contribution in [3.05, 3.63) is 41.2 Å². The molecule has 3 rings (SSSR count). The molecule has 1 amide bonds. The van der Waals surface area contributed by atoms with Gasteiger partial charge in [0.05, 0.1) is 25.4 Å². The SMILES string of the molecule is CCOC(=O)c1c(C)[nH]c(C(=O)C(=O)N2CCC(O)CC2)c1-c1ccc(OC)cc1. The second-order valence-electron chi connectivity index (χ2n) is 7.18. The highest BCUT2D eigenvalue weighted by Gasteiger charge is 2.33. The summed E-state index contributed by atoms with van der Waals surface area (Å²) < 4.78 is 10.4. The molecule has 1 fully saturated rings. The number of benzene rings is 1. The number of carbonyl (C=O) groups excluding carboxylic acids is 3. The number of aromatic nitrogens is 1. The van der Waals surface area contributed by atoms with Crippen molar-refractivity contribution in [1.29, 1.82) is 0 Å². The van der Waals surface area contributed by atoms with E-state index in [1.165, 1.54) is 4.90 Å². The average molecular weight is 414 g/mol. The van der Waals surface area contributed by atoms with Gasteiger partial charge < -0.3 is 24.5 Å². The van der Waals surface area contributed by atoms with E-state index in [2.05, 4.69) is 4.98 Å². The smallest absolute Gasteiger partial charge is 0.340 e. The van der Waals surface area contributed by atoms with Crippen LogP contribution in [0.2, 0.25) is 0 Å². The summed E-state index contributed by atoms with van der Waals surface area (Å²) >= 11 is 0. The molecule has 0 radical (unpaired) electrons. The number of hydrogen-bond donors (Lipinski definition) is 2. The molecule has 1 saturated heterocycles. The van der Waals surface area contributed by atoms with E-state index >= 15 is 0 Å². The van der Waals surface area contributed by atoms with E-state index in [-0.39, 0.29) is 17.9 Å². The van der Waals surface area contributed by atoms with Gasteiger partial charge in [0.25, 0.3) is 11.7 Å². The number of carbonyl (C=O) groups is 3. The second-order valence-corrected chi connectivity index (χ2v) is 7.18. The van der Waals surface area contributed by atoms with E-state index in [1.54, 1.807) is 45.2 Å². The quantitative estimate of drug-likeness (QED) is 0.427. The lowest BCUT2D eigenvalue weighted by atomic mass is 9.97. The van der Waals surface area contributed by atoms with Crippen LogP contribution in [0.25, 0.3) is 11.1 Å². The molecule has 0 saturated carbocycles. The molecule has 8 nitrogen and oxygen atoms in total. The largest absolute Gasteiger partial charge is 0.497 e. The number of esters is 1. The number of aliphatic hydroxyl groups is 1. The molecule has 1 aliphatic heterocycles. The standard InChI is InChI=1S/C22H26N2O6/c1-4-30-22(28)17-13(2)23-19(18(17)14-5-7-16(29-3)8-6-14)20(26)21(27)24-11-9-15(25)10-12-24/h5-8,15,23,25H,4,9-12H2,1-3H3. The van der Waals surface area contributed by atoms with Crippen molar-refractivity contribution in [1.82, 2.24) is 9.88 Å². The Kier molecular flexibility index (Phi) is 6.56. The molecule has 2 heterocycles. The van der Waals surface area contributed by atoms with Crippen molar-refractivity contribution in [3.8, 4) is 16.9 Å². The lowest BCUT2D eigenvalue weighted by Gasteiger charge is -2.28. The van der Waals surface area contributed by atoms with Crippen LogP contribution in [0, 0.1) is 6.92 Å². The van der Waals surface area contributed by atoms with Crippen LogP contribution in [0.15, 0.2) is 24.3 Å². The molecular formula is C22H26N2O6. The van der Waals surface area contributed by atoms with Gasteiger partial charge in [0.2, 0.25) is 0 Å². The number of likely N-dealkylation sites (tertiary alicyclic amines) is 1. The summed E-state index contributed by atoms with van der Waals surface area (Å²) in [6.45, 7) is 4.18. The number of ether oxygens (including phenoxy) is 2. The molecule has 0 bridgehead atoms. The Morgan fingerprint density at radius 3 is 2.37 bits per heavy atom. The first-order chi connectivity index (χ1) is 14.4. The Labute approximate surface area is 174 Å². The molecule has 8 heteroatoms. The van der Waals surface area contributed by atoms with Gasteiger partial charge >= 0.3 is 5.97 Å². The molecule has 160 valence electrons. The van der Waals surface area contributed by atoms with E-state index in [4.69, 9.17) is 9.47 Å². The Morgan fingerprint density at radius 1 is 1.17 bits per heavy atom. The number of hydrogen-bond acceptors (Lipinski definition) is 6. The second kappa shape index (κ2) is 9.13. The van der Waals surface area contributed by atoms with Crippen LogP contribution in [0.4, 0.5) is 0 Å². The number of nitrogens with one attached hydrogen (secondary N) is 1. The van der Waals surface area contributed by atoms with Crippen molar-refractivity contribution in [2.45, 2.75) is 32.8 Å². The van der Waals surface area contributed by atoms with Gasteiger partial charge in [-0.3, -0.25) is 9.59 Å². The fourth-order valence-corrected chi connectivity index (χ4v) is 3.62. The maximum absolute atomic E-state index is 13.1. The van der Waals surface area contributed by atoms with Crippen molar-refractivity contribution in [2.75, 3.05) is 26.8 Å². The van der Waals surface area contributed by atoms with Crippen molar-refractivity contribution < 1.29 is 29.0 Å². The normalized spacial score (nSPS) is 14.5. The van der Waals surface area contributed by atoms with Gasteiger partial charge in [0, 0.05) is 24.3 Å². The van der Waals surface area contributed by atoms with Crippen LogP contribution in [0.3, 0.4) is 0 Å². The predicted octanol–water partition coefficient (Wildman–Crippen LogP) is 2.34. The third-order valence-corrected chi connectivity index (χ3v) is 5.22. The minimum Gasteiger partial charge on any atom is -0.497 e. The lowest BCUT2D eigenvalue weighted by molar-refractivity contribution is -0.128. The van der Waals surface area contributed by atoms with Crippen LogP contribution in [0.1, 0.15) is 46.3 Å². The minimum atomic E-state index is -0.726. The number of methoxy groups -OCH3 is 1. The van der Waals surface area contributed by atoms with Crippen LogP contribution in [0.5, 0.6) is 5.75 Å². The Morgan fingerprint density at radius 2 is 1.80 bits per heavy atom. The Balaban J connectivity index is 2.04. The maximum Gasteiger partial charge on any atom is 0.340 e. The summed E-state index contributed by atoms with van der Waals surface area (Å²) in [7, 11) is 1.54. The lowest BCUT2D eigenvalue weighted by Crippen LogP contribution is -2.43. The van der Waals surface area contributed by atoms with E-state index < -0.39 is 23.8 Å². The van der Waals surface area contributed by atoms with Gasteiger partial charge in [-0.15, -0.1) is 0 Å². The van der Waals surface area contributed by atoms with Gasteiger partial charge in [0.1, 0.15) is 11.4 Å². The van der Waals surface area contributed by atoms with Gasteiger partial charge in [-0.2, -0.15) is 0 Å². The molecule has 30 heavy (non-hydrogen) atoms. The van der Waals surface area contributed by atoms with Gasteiger partial charge in [-0.05, 0) is 44.4 Å². The number of H-pyrrole nitrogens is 1. The number of aromatic amines is 1. The highest BCUT2D eigenvalue weighted by molar-refractivity contribution is 6.43. The van der Waals surface area contributed by atoms with Crippen molar-refractivity contribution in [3.63, 3.8) is 0 Å². The molecular weight excluding hydrogens is 388 g/mol. The van der Waals surface area contributed by atoms with Crippen LogP contribution < -0.4 is 4.74 Å².